The second-order valence-corrected chi connectivity index (χ2v) is 8.57. The van der Waals surface area contributed by atoms with Crippen molar-refractivity contribution in [1.29, 1.82) is 0 Å². The van der Waals surface area contributed by atoms with E-state index in [0.717, 1.165) is 0 Å². The van der Waals surface area contributed by atoms with Gasteiger partial charge in [-0.2, -0.15) is 0 Å². The molecule has 0 bridgehead atoms. The fourth-order valence-electron chi connectivity index (χ4n) is 3.28. The summed E-state index contributed by atoms with van der Waals surface area (Å²) >= 11 is 1.20. The number of amides is 2. The van der Waals surface area contributed by atoms with Crippen molar-refractivity contribution in [3.8, 4) is 0 Å². The molecule has 1 heterocycles. The number of ether oxygens (including phenoxy) is 2. The first-order valence-corrected chi connectivity index (χ1v) is 12.1. The number of rotatable bonds is 8. The zero-order valence-electron chi connectivity index (χ0n) is 19.8. The maximum Gasteiger partial charge on any atom is 0.338 e. The van der Waals surface area contributed by atoms with Crippen LogP contribution in [0.3, 0.4) is 0 Å². The Morgan fingerprint density at radius 2 is 1.49 bits per heavy atom. The summed E-state index contributed by atoms with van der Waals surface area (Å²) < 4.78 is 9.94. The summed E-state index contributed by atoms with van der Waals surface area (Å²) in [6, 6.07) is 12.9. The van der Waals surface area contributed by atoms with Gasteiger partial charge in [0.1, 0.15) is 5.25 Å². The number of aliphatic imine (C=N–C) groups is 1. The Kier molecular flexibility index (Phi) is 9.02. The summed E-state index contributed by atoms with van der Waals surface area (Å²) in [4.78, 5) is 55.4. The van der Waals surface area contributed by atoms with Gasteiger partial charge in [0.2, 0.25) is 11.8 Å². The quantitative estimate of drug-likeness (QED) is 0.548. The van der Waals surface area contributed by atoms with E-state index in [9.17, 15) is 19.2 Å². The molecule has 1 aliphatic rings. The van der Waals surface area contributed by atoms with Gasteiger partial charge in [-0.25, -0.2) is 14.6 Å². The molecule has 3 rings (SSSR count). The first-order chi connectivity index (χ1) is 16.9. The number of hydrogen-bond donors (Lipinski definition) is 1. The topological polar surface area (TPSA) is 114 Å². The number of hydrogen-bond acceptors (Lipinski definition) is 8. The molecule has 1 atom stereocenters. The molecule has 0 radical (unpaired) electrons. The van der Waals surface area contributed by atoms with Gasteiger partial charge in [-0.05, 0) is 69.3 Å². The third kappa shape index (κ3) is 6.69. The lowest BCUT2D eigenvalue weighted by Crippen LogP contribution is -2.45. The van der Waals surface area contributed by atoms with Crippen LogP contribution >= 0.6 is 11.8 Å². The van der Waals surface area contributed by atoms with Crippen LogP contribution in [0.5, 0.6) is 0 Å². The maximum atomic E-state index is 12.9. The van der Waals surface area contributed by atoms with Crippen LogP contribution in [-0.4, -0.2) is 58.8 Å². The fourth-order valence-corrected chi connectivity index (χ4v) is 4.44. The van der Waals surface area contributed by atoms with Crippen LogP contribution in [0.25, 0.3) is 0 Å². The van der Waals surface area contributed by atoms with Gasteiger partial charge < -0.3 is 14.8 Å². The highest BCUT2D eigenvalue weighted by Crippen LogP contribution is 2.30. The molecule has 2 aromatic carbocycles. The Morgan fingerprint density at radius 3 is 2.00 bits per heavy atom. The van der Waals surface area contributed by atoms with Crippen LogP contribution in [0.1, 0.15) is 47.9 Å². The molecule has 2 amide bonds. The van der Waals surface area contributed by atoms with Crippen LogP contribution < -0.4 is 5.32 Å². The molecular weight excluding hydrogens is 470 g/mol. The van der Waals surface area contributed by atoms with E-state index >= 15 is 0 Å². The van der Waals surface area contributed by atoms with E-state index in [0.29, 0.717) is 34.2 Å². The minimum Gasteiger partial charge on any atom is -0.462 e. The molecule has 1 saturated heterocycles. The molecule has 0 aliphatic carbocycles. The second kappa shape index (κ2) is 12.2. The number of esters is 2. The van der Waals surface area contributed by atoms with Crippen LogP contribution in [0.15, 0.2) is 53.5 Å². The molecule has 1 unspecified atom stereocenters. The highest BCUT2D eigenvalue weighted by Gasteiger charge is 2.35. The Balaban J connectivity index is 1.73. The molecule has 1 aliphatic heterocycles. The summed E-state index contributed by atoms with van der Waals surface area (Å²) in [7, 11) is 0. The van der Waals surface area contributed by atoms with Crippen molar-refractivity contribution in [2.24, 2.45) is 4.99 Å². The lowest BCUT2D eigenvalue weighted by molar-refractivity contribution is -0.129. The van der Waals surface area contributed by atoms with Gasteiger partial charge in [-0.3, -0.25) is 14.5 Å². The minimum atomic E-state index is -0.674. The number of thioether (sulfide) groups is 1. The lowest BCUT2D eigenvalue weighted by atomic mass is 10.2. The molecule has 184 valence electrons. The van der Waals surface area contributed by atoms with Crippen LogP contribution in [0.4, 0.5) is 11.4 Å². The number of carbonyl (C=O) groups is 4. The van der Waals surface area contributed by atoms with E-state index in [-0.39, 0.29) is 31.4 Å². The van der Waals surface area contributed by atoms with Crippen LogP contribution in [0, 0.1) is 0 Å². The molecule has 2 aromatic rings. The second-order valence-electron chi connectivity index (χ2n) is 7.40. The molecule has 0 spiro atoms. The Labute approximate surface area is 207 Å². The number of nitrogens with one attached hydrogen (secondary N) is 1. The largest absolute Gasteiger partial charge is 0.462 e. The van der Waals surface area contributed by atoms with Crippen molar-refractivity contribution in [1.82, 2.24) is 4.90 Å². The predicted octanol–water partition coefficient (Wildman–Crippen LogP) is 4.02. The van der Waals surface area contributed by atoms with Gasteiger partial charge >= 0.3 is 11.9 Å². The molecule has 10 heteroatoms. The first kappa shape index (κ1) is 26.0. The first-order valence-electron chi connectivity index (χ1n) is 11.3. The van der Waals surface area contributed by atoms with Crippen molar-refractivity contribution in [2.45, 2.75) is 32.4 Å². The SMILES string of the molecule is CCOC(=O)c1ccc(N=C2SC(C(=O)Nc3ccc(C(=O)OCC)cc3)CC(=O)N2CC)cc1. The van der Waals surface area contributed by atoms with Crippen LogP contribution in [0.2, 0.25) is 0 Å². The third-order valence-corrected chi connectivity index (χ3v) is 6.20. The summed E-state index contributed by atoms with van der Waals surface area (Å²) in [5, 5.41) is 2.52. The van der Waals surface area contributed by atoms with Gasteiger partial charge in [0.25, 0.3) is 0 Å². The van der Waals surface area contributed by atoms with E-state index in [1.165, 1.54) is 16.7 Å². The standard InChI is InChI=1S/C25H27N3O6S/c1-4-28-21(29)15-20(22(30)26-18-11-7-16(8-12-18)23(31)33-5-2)35-25(28)27-19-13-9-17(10-14-19)24(32)34-6-3/h7-14,20H,4-6,15H2,1-3H3,(H,26,30). The van der Waals surface area contributed by atoms with E-state index in [1.54, 1.807) is 62.4 Å². The molecule has 0 aromatic heterocycles. The number of amidine groups is 1. The molecule has 1 fully saturated rings. The van der Waals surface area contributed by atoms with Gasteiger partial charge in [0, 0.05) is 18.7 Å². The number of carbonyl (C=O) groups excluding carboxylic acids is 4. The normalized spacial score (nSPS) is 16.7. The summed E-state index contributed by atoms with van der Waals surface area (Å²) in [6.07, 6.45) is 0.0338. The van der Waals surface area contributed by atoms with E-state index < -0.39 is 17.2 Å². The van der Waals surface area contributed by atoms with E-state index in [1.807, 2.05) is 6.92 Å². The average Bonchev–Trinajstić information content (AvgIpc) is 2.85. The van der Waals surface area contributed by atoms with Gasteiger partial charge in [-0.15, -0.1) is 0 Å². The molecule has 35 heavy (non-hydrogen) atoms. The highest BCUT2D eigenvalue weighted by atomic mass is 32.2. The van der Waals surface area contributed by atoms with Gasteiger partial charge in [-0.1, -0.05) is 11.8 Å². The van der Waals surface area contributed by atoms with Gasteiger partial charge in [0.15, 0.2) is 5.17 Å². The highest BCUT2D eigenvalue weighted by molar-refractivity contribution is 8.15. The third-order valence-electron chi connectivity index (χ3n) is 5.02. The van der Waals surface area contributed by atoms with E-state index in [4.69, 9.17) is 9.47 Å². The van der Waals surface area contributed by atoms with Crippen molar-refractivity contribution >= 4 is 52.1 Å². The summed E-state index contributed by atoms with van der Waals surface area (Å²) in [5.74, 6) is -1.40. The van der Waals surface area contributed by atoms with Crippen molar-refractivity contribution in [2.75, 3.05) is 25.1 Å². The fraction of sp³-hybridized carbons (Fsp3) is 0.320. The average molecular weight is 498 g/mol. The minimum absolute atomic E-state index is 0.0338. The number of anilines is 1. The monoisotopic (exact) mass is 497 g/mol. The van der Waals surface area contributed by atoms with Crippen molar-refractivity contribution < 1.29 is 28.7 Å². The Hall–Kier alpha value is -3.66. The summed E-state index contributed by atoms with van der Waals surface area (Å²) in [5.41, 5.74) is 1.83. The smallest absolute Gasteiger partial charge is 0.338 e. The van der Waals surface area contributed by atoms with E-state index in [2.05, 4.69) is 10.3 Å². The Morgan fingerprint density at radius 1 is 0.943 bits per heavy atom. The Bertz CT molecular complexity index is 1120. The van der Waals surface area contributed by atoms with Crippen molar-refractivity contribution in [3.63, 3.8) is 0 Å². The zero-order chi connectivity index (χ0) is 25.4. The zero-order valence-corrected chi connectivity index (χ0v) is 20.6. The van der Waals surface area contributed by atoms with Crippen molar-refractivity contribution in [3.05, 3.63) is 59.7 Å². The van der Waals surface area contributed by atoms with Gasteiger partial charge in [0.05, 0.1) is 30.0 Å². The lowest BCUT2D eigenvalue weighted by Gasteiger charge is -2.30. The number of benzene rings is 2. The molecule has 9 nitrogen and oxygen atoms in total. The summed E-state index contributed by atoms with van der Waals surface area (Å²) in [6.45, 7) is 6.27. The molecule has 0 saturated carbocycles. The molecular formula is C25H27N3O6S. The van der Waals surface area contributed by atoms with Crippen LogP contribution in [-0.2, 0) is 19.1 Å². The molecule has 1 N–H and O–H groups in total. The number of nitrogens with zero attached hydrogens (tertiary/aromatic N) is 2. The maximum absolute atomic E-state index is 12.9. The predicted molar refractivity (Wildman–Crippen MR) is 134 cm³/mol.